The van der Waals surface area contributed by atoms with Crippen molar-refractivity contribution in [3.63, 3.8) is 0 Å². The lowest BCUT2D eigenvalue weighted by Crippen LogP contribution is -2.44. The van der Waals surface area contributed by atoms with Gasteiger partial charge in [0, 0.05) is 44.5 Å². The minimum atomic E-state index is -0.643. The van der Waals surface area contributed by atoms with Gasteiger partial charge < -0.3 is 29.9 Å². The average molecular weight is 433 g/mol. The molecule has 2 heterocycles. The molecule has 2 N–H and O–H groups in total. The molecule has 0 bridgehead atoms. The zero-order valence-corrected chi connectivity index (χ0v) is 17.9. The fraction of sp³-hybridized carbons (Fsp3) is 0.500. The van der Waals surface area contributed by atoms with Crippen LogP contribution in [0.3, 0.4) is 0 Å². The maximum Gasteiger partial charge on any atom is 0.337 e. The molecule has 1 aromatic carbocycles. The second-order valence-corrected chi connectivity index (χ2v) is 7.62. The molecule has 2 aliphatic rings. The van der Waals surface area contributed by atoms with Gasteiger partial charge in [-0.05, 0) is 25.6 Å². The first-order valence-electron chi connectivity index (χ1n) is 9.98. The van der Waals surface area contributed by atoms with Crippen LogP contribution >= 0.6 is 0 Å². The van der Waals surface area contributed by atoms with E-state index in [1.165, 1.54) is 18.1 Å². The third-order valence-electron chi connectivity index (χ3n) is 5.58. The Labute approximate surface area is 180 Å². The summed E-state index contributed by atoms with van der Waals surface area (Å²) in [6.07, 6.45) is 0. The largest absolute Gasteiger partial charge is 0.466 e. The summed E-state index contributed by atoms with van der Waals surface area (Å²) in [7, 11) is 3.23. The number of methoxy groups -OCH3 is 1. The van der Waals surface area contributed by atoms with Crippen molar-refractivity contribution in [3.05, 3.63) is 39.1 Å². The number of likely N-dealkylation sites (N-methyl/N-ethyl adjacent to an activating group) is 1. The van der Waals surface area contributed by atoms with Crippen LogP contribution in [0.15, 0.2) is 23.4 Å². The molecule has 1 saturated heterocycles. The molecule has 0 atom stereocenters. The highest BCUT2D eigenvalue weighted by atomic mass is 16.6. The first-order chi connectivity index (χ1) is 14.8. The van der Waals surface area contributed by atoms with E-state index in [1.54, 1.807) is 13.0 Å². The number of β-amino-alcohol motifs (C(OH)–C–C–N with tert-alkyl or cyclic N) is 1. The molecule has 1 aromatic rings. The number of carbonyl (C=O) groups excluding carboxylic acids is 2. The number of nitrogens with zero attached hydrogens (tertiary/aromatic N) is 4. The van der Waals surface area contributed by atoms with E-state index in [9.17, 15) is 24.8 Å². The number of hydrogen-bond donors (Lipinski definition) is 2. The minimum Gasteiger partial charge on any atom is -0.466 e. The first kappa shape index (κ1) is 22.5. The molecule has 0 saturated carbocycles. The summed E-state index contributed by atoms with van der Waals surface area (Å²) in [6, 6.07) is 3.13. The van der Waals surface area contributed by atoms with E-state index in [-0.39, 0.29) is 36.7 Å². The highest BCUT2D eigenvalue weighted by Crippen LogP contribution is 2.36. The Kier molecular flexibility index (Phi) is 6.76. The molecule has 11 heteroatoms. The van der Waals surface area contributed by atoms with Crippen molar-refractivity contribution in [2.45, 2.75) is 6.92 Å². The van der Waals surface area contributed by atoms with Gasteiger partial charge in [-0.1, -0.05) is 0 Å². The van der Waals surface area contributed by atoms with Gasteiger partial charge in [-0.25, -0.2) is 4.79 Å². The van der Waals surface area contributed by atoms with E-state index >= 15 is 0 Å². The number of nitro groups is 1. The predicted molar refractivity (Wildman–Crippen MR) is 114 cm³/mol. The van der Waals surface area contributed by atoms with E-state index in [1.807, 2.05) is 11.9 Å². The molecule has 0 aromatic heterocycles. The Hall–Kier alpha value is -3.18. The number of amides is 1. The Morgan fingerprint density at radius 3 is 2.55 bits per heavy atom. The smallest absolute Gasteiger partial charge is 0.337 e. The number of benzene rings is 1. The summed E-state index contributed by atoms with van der Waals surface area (Å²) in [4.78, 5) is 41.7. The topological polar surface area (TPSA) is 128 Å². The molecule has 0 radical (unpaired) electrons. The molecule has 11 nitrogen and oxygen atoms in total. The quantitative estimate of drug-likeness (QED) is 0.355. The van der Waals surface area contributed by atoms with Crippen molar-refractivity contribution in [1.29, 1.82) is 0 Å². The van der Waals surface area contributed by atoms with Gasteiger partial charge in [-0.3, -0.25) is 14.9 Å². The minimum absolute atomic E-state index is 0.00516. The fourth-order valence-electron chi connectivity index (χ4n) is 3.75. The lowest BCUT2D eigenvalue weighted by atomic mass is 10.1. The number of anilines is 2. The van der Waals surface area contributed by atoms with Gasteiger partial charge >= 0.3 is 5.97 Å². The van der Waals surface area contributed by atoms with E-state index in [0.29, 0.717) is 30.0 Å². The molecular formula is C20H27N5O6. The molecule has 168 valence electrons. The summed E-state index contributed by atoms with van der Waals surface area (Å²) in [5.41, 5.74) is 1.73. The van der Waals surface area contributed by atoms with Gasteiger partial charge in [0.05, 0.1) is 30.8 Å². The summed E-state index contributed by atoms with van der Waals surface area (Å²) in [6.45, 7) is 4.39. The number of aryl methyl sites for hydroxylation is 1. The second-order valence-electron chi connectivity index (χ2n) is 7.62. The van der Waals surface area contributed by atoms with Gasteiger partial charge in [0.15, 0.2) is 0 Å². The molecule has 0 aliphatic carbocycles. The van der Waals surface area contributed by atoms with Gasteiger partial charge in [-0.15, -0.1) is 0 Å². The van der Waals surface area contributed by atoms with Gasteiger partial charge in [0.2, 0.25) is 0 Å². The number of ether oxygens (including phenoxy) is 1. The maximum atomic E-state index is 12.8. The maximum absolute atomic E-state index is 12.8. The number of carbonyl (C=O) groups is 2. The SMILES string of the molecule is COC(=O)C1=C(Nc2cc(N3CCN(C)CC3)c([N+](=O)[O-])cc2C)C(=O)N(CCO)C1. The van der Waals surface area contributed by atoms with Crippen LogP contribution < -0.4 is 10.2 Å². The van der Waals surface area contributed by atoms with Crippen molar-refractivity contribution in [2.75, 3.05) is 70.2 Å². The number of esters is 1. The molecule has 2 aliphatic heterocycles. The predicted octanol–water partition coefficient (Wildman–Crippen LogP) is 0.329. The zero-order valence-electron chi connectivity index (χ0n) is 17.9. The van der Waals surface area contributed by atoms with Crippen LogP contribution in [0.5, 0.6) is 0 Å². The van der Waals surface area contributed by atoms with E-state index in [0.717, 1.165) is 13.1 Å². The zero-order chi connectivity index (χ0) is 22.7. The van der Waals surface area contributed by atoms with Crippen LogP contribution in [0.1, 0.15) is 5.56 Å². The number of rotatable bonds is 7. The lowest BCUT2D eigenvalue weighted by Gasteiger charge is -2.34. The Bertz CT molecular complexity index is 923. The van der Waals surface area contributed by atoms with Crippen LogP contribution in [-0.2, 0) is 14.3 Å². The van der Waals surface area contributed by atoms with Crippen molar-refractivity contribution >= 4 is 28.9 Å². The van der Waals surface area contributed by atoms with E-state index in [2.05, 4.69) is 10.2 Å². The van der Waals surface area contributed by atoms with Crippen LogP contribution in [0.2, 0.25) is 0 Å². The number of piperazine rings is 1. The summed E-state index contributed by atoms with van der Waals surface area (Å²) in [5.74, 6) is -1.08. The van der Waals surface area contributed by atoms with Crippen LogP contribution in [-0.4, -0.2) is 91.7 Å². The van der Waals surface area contributed by atoms with Gasteiger partial charge in [0.25, 0.3) is 11.6 Å². The first-order valence-corrected chi connectivity index (χ1v) is 9.98. The number of hydrogen-bond acceptors (Lipinski definition) is 9. The second kappa shape index (κ2) is 9.31. The fourth-order valence-corrected chi connectivity index (χ4v) is 3.75. The standard InChI is InChI=1S/C20H27N5O6/c1-13-10-17(25(29)30)16(23-6-4-22(2)5-7-23)11-15(13)21-18-14(20(28)31-3)12-24(8-9-26)19(18)27/h10-11,21,26H,4-9,12H2,1-3H3. The molecule has 1 fully saturated rings. The van der Waals surface area contributed by atoms with Crippen LogP contribution in [0.4, 0.5) is 17.1 Å². The normalized spacial score (nSPS) is 17.4. The monoisotopic (exact) mass is 433 g/mol. The van der Waals surface area contributed by atoms with Crippen molar-refractivity contribution in [1.82, 2.24) is 9.80 Å². The van der Waals surface area contributed by atoms with E-state index < -0.39 is 16.8 Å². The number of aliphatic hydroxyl groups is 1. The number of nitro benzene ring substituents is 1. The molecule has 3 rings (SSSR count). The number of nitrogens with one attached hydrogen (secondary N) is 1. The highest BCUT2D eigenvalue weighted by Gasteiger charge is 2.35. The summed E-state index contributed by atoms with van der Waals surface area (Å²) < 4.78 is 4.81. The Balaban J connectivity index is 1.99. The lowest BCUT2D eigenvalue weighted by molar-refractivity contribution is -0.384. The third-order valence-corrected chi connectivity index (χ3v) is 5.58. The molecule has 31 heavy (non-hydrogen) atoms. The van der Waals surface area contributed by atoms with Gasteiger partial charge in [0.1, 0.15) is 11.4 Å². The number of aliphatic hydroxyl groups excluding tert-OH is 1. The van der Waals surface area contributed by atoms with Crippen LogP contribution in [0.25, 0.3) is 0 Å². The van der Waals surface area contributed by atoms with Gasteiger partial charge in [-0.2, -0.15) is 0 Å². The average Bonchev–Trinajstić information content (AvgIpc) is 3.05. The van der Waals surface area contributed by atoms with Crippen molar-refractivity contribution < 1.29 is 24.4 Å². The van der Waals surface area contributed by atoms with Crippen molar-refractivity contribution in [2.24, 2.45) is 0 Å². The molecular weight excluding hydrogens is 406 g/mol. The van der Waals surface area contributed by atoms with E-state index in [4.69, 9.17) is 4.74 Å². The Morgan fingerprint density at radius 1 is 1.29 bits per heavy atom. The summed E-state index contributed by atoms with van der Waals surface area (Å²) in [5, 5.41) is 23.9. The summed E-state index contributed by atoms with van der Waals surface area (Å²) >= 11 is 0. The van der Waals surface area contributed by atoms with Crippen LogP contribution in [0, 0.1) is 17.0 Å². The molecule has 1 amide bonds. The highest BCUT2D eigenvalue weighted by molar-refractivity contribution is 6.08. The third kappa shape index (κ3) is 4.62. The molecule has 0 unspecified atom stereocenters. The molecule has 0 spiro atoms. The van der Waals surface area contributed by atoms with Crippen molar-refractivity contribution in [3.8, 4) is 0 Å². The Morgan fingerprint density at radius 2 is 1.97 bits per heavy atom.